The highest BCUT2D eigenvalue weighted by Gasteiger charge is 2.11. The minimum Gasteiger partial charge on any atom is -0.360 e. The maximum absolute atomic E-state index is 4.56. The zero-order valence-corrected chi connectivity index (χ0v) is 10.5. The van der Waals surface area contributed by atoms with Crippen LogP contribution in [0.5, 0.6) is 0 Å². The van der Waals surface area contributed by atoms with E-state index in [1.165, 1.54) is 0 Å². The van der Waals surface area contributed by atoms with Crippen LogP contribution in [-0.2, 0) is 0 Å². The Bertz CT molecular complexity index is 860. The summed E-state index contributed by atoms with van der Waals surface area (Å²) in [5, 5.41) is 8.40. The number of hydrogen-bond donors (Lipinski definition) is 2. The number of nitrogens with one attached hydrogen (secondary N) is 2. The second-order valence-corrected chi connectivity index (χ2v) is 4.49. The molecule has 3 heterocycles. The average Bonchev–Trinajstić information content (AvgIpc) is 3.14. The second-order valence-electron chi connectivity index (χ2n) is 4.49. The van der Waals surface area contributed by atoms with Crippen LogP contribution < -0.4 is 0 Å². The lowest BCUT2D eigenvalue weighted by atomic mass is 10.2. The quantitative estimate of drug-likeness (QED) is 0.582. The van der Waals surface area contributed by atoms with E-state index in [0.717, 1.165) is 27.9 Å². The molecule has 96 valence electrons. The molecule has 0 aliphatic heterocycles. The number of aromatic nitrogens is 5. The third kappa shape index (κ3) is 1.68. The number of para-hydroxylation sites is 1. The van der Waals surface area contributed by atoms with Crippen molar-refractivity contribution in [3.05, 3.63) is 55.0 Å². The zero-order chi connectivity index (χ0) is 13.4. The fraction of sp³-hybridized carbons (Fsp3) is 0. The first-order valence-electron chi connectivity index (χ1n) is 6.31. The van der Waals surface area contributed by atoms with E-state index in [2.05, 4.69) is 31.2 Å². The van der Waals surface area contributed by atoms with Gasteiger partial charge in [-0.3, -0.25) is 10.1 Å². The zero-order valence-electron chi connectivity index (χ0n) is 10.5. The summed E-state index contributed by atoms with van der Waals surface area (Å²) in [5.74, 6) is 1.43. The van der Waals surface area contributed by atoms with Gasteiger partial charge in [0.25, 0.3) is 0 Å². The molecule has 4 rings (SSSR count). The first-order chi connectivity index (χ1) is 9.92. The van der Waals surface area contributed by atoms with E-state index in [4.69, 9.17) is 0 Å². The molecule has 0 saturated carbocycles. The van der Waals surface area contributed by atoms with Crippen LogP contribution in [0.1, 0.15) is 0 Å². The molecule has 0 amide bonds. The predicted octanol–water partition coefficient (Wildman–Crippen LogP) is 3.01. The predicted molar refractivity (Wildman–Crippen MR) is 76.9 cm³/mol. The number of aromatic amines is 2. The number of fused-ring (bicyclic) bond motifs is 1. The Morgan fingerprint density at radius 2 is 1.80 bits per heavy atom. The molecule has 20 heavy (non-hydrogen) atoms. The Kier molecular flexibility index (Phi) is 2.35. The van der Waals surface area contributed by atoms with Crippen LogP contribution >= 0.6 is 0 Å². The lowest BCUT2D eigenvalue weighted by Crippen LogP contribution is -1.81. The van der Waals surface area contributed by atoms with Gasteiger partial charge >= 0.3 is 0 Å². The number of hydrogen-bond acceptors (Lipinski definition) is 3. The second kappa shape index (κ2) is 4.31. The van der Waals surface area contributed by atoms with Crippen LogP contribution in [0.2, 0.25) is 0 Å². The molecule has 0 saturated heterocycles. The van der Waals surface area contributed by atoms with Crippen molar-refractivity contribution in [3.8, 4) is 22.8 Å². The molecular weight excluding hydrogens is 250 g/mol. The van der Waals surface area contributed by atoms with Crippen molar-refractivity contribution in [2.75, 3.05) is 0 Å². The topological polar surface area (TPSA) is 70.2 Å². The number of benzene rings is 1. The van der Waals surface area contributed by atoms with Crippen molar-refractivity contribution in [2.24, 2.45) is 0 Å². The Balaban J connectivity index is 1.82. The van der Waals surface area contributed by atoms with Crippen LogP contribution in [0.25, 0.3) is 33.7 Å². The van der Waals surface area contributed by atoms with Gasteiger partial charge in [-0.1, -0.05) is 18.2 Å². The van der Waals surface area contributed by atoms with Crippen LogP contribution in [0, 0.1) is 0 Å². The minimum absolute atomic E-state index is 0.674. The SMILES string of the molecule is c1ccc2c(-c3nc(-c4ccncc4)n[nH]3)c[nH]c2c1. The largest absolute Gasteiger partial charge is 0.360 e. The molecule has 0 spiro atoms. The summed E-state index contributed by atoms with van der Waals surface area (Å²) >= 11 is 0. The molecule has 4 aromatic rings. The number of pyridine rings is 1. The van der Waals surface area contributed by atoms with E-state index in [-0.39, 0.29) is 0 Å². The van der Waals surface area contributed by atoms with Gasteiger partial charge < -0.3 is 4.98 Å². The fourth-order valence-corrected chi connectivity index (χ4v) is 2.28. The normalized spacial score (nSPS) is 11.0. The van der Waals surface area contributed by atoms with E-state index < -0.39 is 0 Å². The maximum Gasteiger partial charge on any atom is 0.181 e. The van der Waals surface area contributed by atoms with Gasteiger partial charge in [-0.05, 0) is 18.2 Å². The Hall–Kier alpha value is -2.95. The Morgan fingerprint density at radius 3 is 2.70 bits per heavy atom. The van der Waals surface area contributed by atoms with Gasteiger partial charge in [-0.15, -0.1) is 0 Å². The van der Waals surface area contributed by atoms with E-state index in [1.54, 1.807) is 12.4 Å². The molecule has 5 nitrogen and oxygen atoms in total. The van der Waals surface area contributed by atoms with Crippen LogP contribution in [0.3, 0.4) is 0 Å². The Morgan fingerprint density at radius 1 is 0.950 bits per heavy atom. The summed E-state index contributed by atoms with van der Waals surface area (Å²) in [4.78, 5) is 11.8. The van der Waals surface area contributed by atoms with E-state index in [9.17, 15) is 0 Å². The van der Waals surface area contributed by atoms with Gasteiger partial charge in [0.15, 0.2) is 11.6 Å². The molecule has 5 heteroatoms. The third-order valence-corrected chi connectivity index (χ3v) is 3.27. The first-order valence-corrected chi connectivity index (χ1v) is 6.31. The monoisotopic (exact) mass is 261 g/mol. The highest BCUT2D eigenvalue weighted by atomic mass is 15.2. The molecule has 0 atom stereocenters. The van der Waals surface area contributed by atoms with Gasteiger partial charge in [0.2, 0.25) is 0 Å². The molecule has 0 unspecified atom stereocenters. The first kappa shape index (κ1) is 10.9. The standard InChI is InChI=1S/C15H11N5/c1-2-4-13-11(3-1)12(9-17-13)15-18-14(19-20-15)10-5-7-16-8-6-10/h1-9,17H,(H,18,19,20). The summed E-state index contributed by atoms with van der Waals surface area (Å²) in [7, 11) is 0. The maximum atomic E-state index is 4.56. The van der Waals surface area contributed by atoms with Crippen molar-refractivity contribution < 1.29 is 0 Å². The third-order valence-electron chi connectivity index (χ3n) is 3.27. The highest BCUT2D eigenvalue weighted by Crippen LogP contribution is 2.27. The lowest BCUT2D eigenvalue weighted by Gasteiger charge is -1.93. The molecule has 0 fully saturated rings. The van der Waals surface area contributed by atoms with Crippen LogP contribution in [0.4, 0.5) is 0 Å². The fourth-order valence-electron chi connectivity index (χ4n) is 2.28. The average molecular weight is 261 g/mol. The summed E-state index contributed by atoms with van der Waals surface area (Å²) in [6, 6.07) is 11.9. The smallest absolute Gasteiger partial charge is 0.181 e. The molecule has 0 radical (unpaired) electrons. The Labute approximate surface area is 114 Å². The van der Waals surface area contributed by atoms with Crippen LogP contribution in [0.15, 0.2) is 55.0 Å². The number of rotatable bonds is 2. The molecule has 0 bridgehead atoms. The van der Waals surface area contributed by atoms with Crippen molar-refractivity contribution in [2.45, 2.75) is 0 Å². The summed E-state index contributed by atoms with van der Waals surface area (Å²) < 4.78 is 0. The van der Waals surface area contributed by atoms with Gasteiger partial charge in [0.1, 0.15) is 0 Å². The van der Waals surface area contributed by atoms with Crippen molar-refractivity contribution in [1.29, 1.82) is 0 Å². The molecule has 0 aliphatic carbocycles. The molecule has 1 aromatic carbocycles. The summed E-state index contributed by atoms with van der Waals surface area (Å²) in [6.45, 7) is 0. The molecular formula is C15H11N5. The van der Waals surface area contributed by atoms with E-state index >= 15 is 0 Å². The summed E-state index contributed by atoms with van der Waals surface area (Å²) in [5.41, 5.74) is 3.06. The van der Waals surface area contributed by atoms with E-state index in [0.29, 0.717) is 5.82 Å². The number of nitrogens with zero attached hydrogens (tertiary/aromatic N) is 3. The van der Waals surface area contributed by atoms with Gasteiger partial charge in [-0.25, -0.2) is 4.98 Å². The van der Waals surface area contributed by atoms with Gasteiger partial charge in [-0.2, -0.15) is 5.10 Å². The van der Waals surface area contributed by atoms with Gasteiger partial charge in [0, 0.05) is 40.6 Å². The van der Waals surface area contributed by atoms with Crippen molar-refractivity contribution >= 4 is 10.9 Å². The molecule has 0 aliphatic rings. The van der Waals surface area contributed by atoms with E-state index in [1.807, 2.05) is 36.5 Å². The number of H-pyrrole nitrogens is 2. The van der Waals surface area contributed by atoms with Crippen molar-refractivity contribution in [1.82, 2.24) is 25.1 Å². The molecule has 3 aromatic heterocycles. The van der Waals surface area contributed by atoms with Gasteiger partial charge in [0.05, 0.1) is 0 Å². The lowest BCUT2D eigenvalue weighted by molar-refractivity contribution is 1.10. The van der Waals surface area contributed by atoms with Crippen LogP contribution in [-0.4, -0.2) is 25.1 Å². The minimum atomic E-state index is 0.674. The molecule has 2 N–H and O–H groups in total. The van der Waals surface area contributed by atoms with Crippen molar-refractivity contribution in [3.63, 3.8) is 0 Å². The highest BCUT2D eigenvalue weighted by molar-refractivity contribution is 5.93. The summed E-state index contributed by atoms with van der Waals surface area (Å²) in [6.07, 6.45) is 5.41.